The Morgan fingerprint density at radius 2 is 1.61 bits per heavy atom. The average molecular weight is 519 g/mol. The number of phenolic OH excluding ortho intramolecular Hbond substituents is 2. The van der Waals surface area contributed by atoms with Crippen molar-refractivity contribution in [2.24, 2.45) is 10.2 Å². The molecule has 4 N–H and O–H groups in total. The summed E-state index contributed by atoms with van der Waals surface area (Å²) in [5, 5.41) is 40.1. The summed E-state index contributed by atoms with van der Waals surface area (Å²) in [5.41, 5.74) is 1.81. The first-order valence-corrected chi connectivity index (χ1v) is 11.9. The molecule has 38 heavy (non-hydrogen) atoms. The molecule has 198 valence electrons. The highest BCUT2D eigenvalue weighted by Gasteiger charge is 2.24. The Hall–Kier alpha value is -4.86. The number of carbonyl (C=O) groups excluding carboxylic acids is 1. The van der Waals surface area contributed by atoms with Crippen molar-refractivity contribution in [3.63, 3.8) is 0 Å². The molecule has 3 aromatic carbocycles. The van der Waals surface area contributed by atoms with Gasteiger partial charge in [-0.3, -0.25) is 4.79 Å². The van der Waals surface area contributed by atoms with E-state index in [4.69, 9.17) is 9.84 Å². The lowest BCUT2D eigenvalue weighted by Gasteiger charge is -2.26. The maximum atomic E-state index is 12.9. The summed E-state index contributed by atoms with van der Waals surface area (Å²) >= 11 is 0. The Morgan fingerprint density at radius 1 is 1.00 bits per heavy atom. The Balaban J connectivity index is 1.98. The highest BCUT2D eigenvalue weighted by atomic mass is 16.5. The molecule has 10 heteroatoms. The lowest BCUT2D eigenvalue weighted by Crippen LogP contribution is -2.43. The van der Waals surface area contributed by atoms with Gasteiger partial charge in [-0.05, 0) is 73.0 Å². The minimum atomic E-state index is -1.03. The number of anilines is 1. The van der Waals surface area contributed by atoms with Gasteiger partial charge >= 0.3 is 5.97 Å². The molecule has 3 aromatic rings. The summed E-state index contributed by atoms with van der Waals surface area (Å²) in [4.78, 5) is 25.5. The molecule has 0 heterocycles. The zero-order chi connectivity index (χ0) is 27.8. The molecule has 0 aliphatic heterocycles. The smallest absolute Gasteiger partial charge is 0.335 e. The Labute approximate surface area is 220 Å². The number of hydrogen-bond acceptors (Lipinski definition) is 7. The van der Waals surface area contributed by atoms with Gasteiger partial charge in [0.2, 0.25) is 5.84 Å². The van der Waals surface area contributed by atoms with Gasteiger partial charge in [-0.2, -0.15) is 5.10 Å². The topological polar surface area (TPSA) is 144 Å². The van der Waals surface area contributed by atoms with Crippen LogP contribution >= 0.6 is 0 Å². The van der Waals surface area contributed by atoms with E-state index in [-0.39, 0.29) is 35.4 Å². The summed E-state index contributed by atoms with van der Waals surface area (Å²) < 4.78 is 5.82. The minimum absolute atomic E-state index is 0.00448. The SMILES string of the molecule is C=N/N=C(/C(=O)NCC)N(Cc1cc(C(C)C)c(O)cc1O)c1ccc(Oc2ccc(C(=O)O)cc2)cc1. The van der Waals surface area contributed by atoms with E-state index in [2.05, 4.69) is 22.2 Å². The van der Waals surface area contributed by atoms with Crippen LogP contribution in [-0.2, 0) is 11.3 Å². The zero-order valence-corrected chi connectivity index (χ0v) is 21.4. The van der Waals surface area contributed by atoms with Crippen LogP contribution in [0.1, 0.15) is 48.2 Å². The van der Waals surface area contributed by atoms with Crippen molar-refractivity contribution in [1.82, 2.24) is 5.32 Å². The first kappa shape index (κ1) is 27.7. The molecule has 0 fully saturated rings. The zero-order valence-electron chi connectivity index (χ0n) is 21.4. The average Bonchev–Trinajstić information content (AvgIpc) is 2.88. The van der Waals surface area contributed by atoms with Gasteiger partial charge in [-0.15, -0.1) is 5.10 Å². The van der Waals surface area contributed by atoms with Crippen LogP contribution in [0.15, 0.2) is 70.9 Å². The highest BCUT2D eigenvalue weighted by Crippen LogP contribution is 2.34. The van der Waals surface area contributed by atoms with Gasteiger partial charge in [-0.25, -0.2) is 4.79 Å². The standard InChI is InChI=1S/C28H30N4O6/c1-5-30-27(35)26(31-29-4)32(16-19-14-23(17(2)3)25(34)15-24(19)33)20-8-12-22(13-9-20)38-21-10-6-18(7-11-21)28(36)37/h6-15,17,33-34H,4-5,16H2,1-3H3,(H,30,35)(H,36,37)/b31-26-. The molecule has 3 rings (SSSR count). The van der Waals surface area contributed by atoms with E-state index in [1.54, 1.807) is 54.3 Å². The third-order valence-corrected chi connectivity index (χ3v) is 5.63. The third kappa shape index (κ3) is 6.67. The number of amidine groups is 1. The molecule has 0 spiro atoms. The third-order valence-electron chi connectivity index (χ3n) is 5.63. The summed E-state index contributed by atoms with van der Waals surface area (Å²) in [5.74, 6) is -0.783. The lowest BCUT2D eigenvalue weighted by atomic mass is 9.98. The van der Waals surface area contributed by atoms with Gasteiger partial charge < -0.3 is 30.3 Å². The number of amides is 1. The van der Waals surface area contributed by atoms with Crippen LogP contribution in [0, 0.1) is 0 Å². The van der Waals surface area contributed by atoms with Crippen LogP contribution < -0.4 is 15.0 Å². The van der Waals surface area contributed by atoms with E-state index in [1.807, 2.05) is 13.8 Å². The van der Waals surface area contributed by atoms with Gasteiger partial charge in [0.15, 0.2) is 0 Å². The summed E-state index contributed by atoms with van der Waals surface area (Å²) in [6.45, 7) is 9.40. The number of carbonyl (C=O) groups is 2. The van der Waals surface area contributed by atoms with E-state index in [0.717, 1.165) is 0 Å². The second-order valence-electron chi connectivity index (χ2n) is 8.63. The number of aromatic carboxylic acids is 1. The van der Waals surface area contributed by atoms with Crippen molar-refractivity contribution < 1.29 is 29.6 Å². The van der Waals surface area contributed by atoms with E-state index in [0.29, 0.717) is 34.9 Å². The molecular formula is C28H30N4O6. The van der Waals surface area contributed by atoms with E-state index in [9.17, 15) is 19.8 Å². The number of nitrogens with zero attached hydrogens (tertiary/aromatic N) is 3. The largest absolute Gasteiger partial charge is 0.508 e. The first-order chi connectivity index (χ1) is 18.1. The number of benzene rings is 3. The minimum Gasteiger partial charge on any atom is -0.508 e. The van der Waals surface area contributed by atoms with Crippen molar-refractivity contribution in [1.29, 1.82) is 0 Å². The maximum Gasteiger partial charge on any atom is 0.335 e. The van der Waals surface area contributed by atoms with Gasteiger partial charge in [0, 0.05) is 30.6 Å². The highest BCUT2D eigenvalue weighted by molar-refractivity contribution is 6.43. The summed E-state index contributed by atoms with van der Waals surface area (Å²) in [6.07, 6.45) is 0. The number of carboxylic acids is 1. The molecule has 0 radical (unpaired) electrons. The molecule has 0 aliphatic carbocycles. The number of likely N-dealkylation sites (N-methyl/N-ethyl adjacent to an activating group) is 1. The molecular weight excluding hydrogens is 488 g/mol. The second kappa shape index (κ2) is 12.4. The molecule has 0 bridgehead atoms. The van der Waals surface area contributed by atoms with Crippen LogP contribution in [0.5, 0.6) is 23.0 Å². The molecule has 0 saturated carbocycles. The molecule has 0 aliphatic rings. The van der Waals surface area contributed by atoms with Crippen molar-refractivity contribution in [3.05, 3.63) is 77.4 Å². The molecule has 0 aromatic heterocycles. The fourth-order valence-corrected chi connectivity index (χ4v) is 3.71. The monoisotopic (exact) mass is 518 g/mol. The van der Waals surface area contributed by atoms with E-state index < -0.39 is 11.9 Å². The van der Waals surface area contributed by atoms with Gasteiger partial charge in [0.1, 0.15) is 23.0 Å². The van der Waals surface area contributed by atoms with Crippen molar-refractivity contribution in [3.8, 4) is 23.0 Å². The Morgan fingerprint density at radius 3 is 2.13 bits per heavy atom. The summed E-state index contributed by atoms with van der Waals surface area (Å²) in [7, 11) is 0. The maximum absolute atomic E-state index is 12.9. The number of hydrogen-bond donors (Lipinski definition) is 4. The Kier molecular flexibility index (Phi) is 9.04. The van der Waals surface area contributed by atoms with Crippen molar-refractivity contribution in [2.45, 2.75) is 33.2 Å². The molecule has 0 atom stereocenters. The van der Waals surface area contributed by atoms with E-state index >= 15 is 0 Å². The number of ether oxygens (including phenoxy) is 1. The normalized spacial score (nSPS) is 11.2. The number of phenols is 2. The molecule has 0 saturated heterocycles. The summed E-state index contributed by atoms with van der Waals surface area (Å²) in [6, 6.07) is 15.8. The number of rotatable bonds is 9. The van der Waals surface area contributed by atoms with Crippen LogP contribution in [-0.4, -0.2) is 46.3 Å². The van der Waals surface area contributed by atoms with Crippen LogP contribution in [0.3, 0.4) is 0 Å². The first-order valence-electron chi connectivity index (χ1n) is 11.9. The van der Waals surface area contributed by atoms with Gasteiger partial charge in [0.25, 0.3) is 5.91 Å². The quantitative estimate of drug-likeness (QED) is 0.180. The second-order valence-corrected chi connectivity index (χ2v) is 8.63. The van der Waals surface area contributed by atoms with Crippen molar-refractivity contribution in [2.75, 3.05) is 11.4 Å². The molecule has 0 unspecified atom stereocenters. The number of nitrogens with one attached hydrogen (secondary N) is 1. The lowest BCUT2D eigenvalue weighted by molar-refractivity contribution is -0.114. The molecule has 1 amide bonds. The van der Waals surface area contributed by atoms with Crippen LogP contribution in [0.2, 0.25) is 0 Å². The van der Waals surface area contributed by atoms with Gasteiger partial charge in [-0.1, -0.05) is 13.8 Å². The number of carboxylic acid groups (broad SMARTS) is 1. The van der Waals surface area contributed by atoms with Crippen LogP contribution in [0.4, 0.5) is 5.69 Å². The Bertz CT molecular complexity index is 1330. The predicted molar refractivity (Wildman–Crippen MR) is 146 cm³/mol. The number of aromatic hydroxyl groups is 2. The van der Waals surface area contributed by atoms with Crippen LogP contribution in [0.25, 0.3) is 0 Å². The molecule has 10 nitrogen and oxygen atoms in total. The van der Waals surface area contributed by atoms with Crippen molar-refractivity contribution >= 4 is 30.1 Å². The predicted octanol–water partition coefficient (Wildman–Crippen LogP) is 4.87. The van der Waals surface area contributed by atoms with E-state index in [1.165, 1.54) is 18.2 Å². The fourth-order valence-electron chi connectivity index (χ4n) is 3.71. The fraction of sp³-hybridized carbons (Fsp3) is 0.214. The van der Waals surface area contributed by atoms with Gasteiger partial charge in [0.05, 0.1) is 12.1 Å².